The van der Waals surface area contributed by atoms with Crippen molar-refractivity contribution in [3.05, 3.63) is 21.9 Å². The highest BCUT2D eigenvalue weighted by molar-refractivity contribution is 7.10. The Morgan fingerprint density at radius 1 is 1.53 bits per heavy atom. The standard InChI is InChI=1S/C12H18O2S/c1-9-10(5-8-15-9)11(13)12(2)6-3-4-7-14-12/h5,8,11,13H,3-4,6-7H2,1-2H3. The number of aryl methyl sites for hydroxylation is 1. The van der Waals surface area contributed by atoms with Crippen LogP contribution in [0.4, 0.5) is 0 Å². The van der Waals surface area contributed by atoms with Gasteiger partial charge in [0, 0.05) is 11.5 Å². The third-order valence-corrected chi connectivity index (χ3v) is 4.13. The van der Waals surface area contributed by atoms with E-state index in [1.165, 1.54) is 4.88 Å². The molecule has 0 bridgehead atoms. The van der Waals surface area contributed by atoms with Crippen LogP contribution in [0.5, 0.6) is 0 Å². The van der Waals surface area contributed by atoms with Crippen molar-refractivity contribution >= 4 is 11.3 Å². The molecule has 2 unspecified atom stereocenters. The van der Waals surface area contributed by atoms with E-state index in [1.54, 1.807) is 11.3 Å². The van der Waals surface area contributed by atoms with Crippen LogP contribution in [0, 0.1) is 6.92 Å². The first-order valence-electron chi connectivity index (χ1n) is 5.49. The Labute approximate surface area is 94.9 Å². The first-order chi connectivity index (χ1) is 7.13. The molecule has 84 valence electrons. The summed E-state index contributed by atoms with van der Waals surface area (Å²) in [5.74, 6) is 0. The zero-order valence-electron chi connectivity index (χ0n) is 9.32. The predicted octanol–water partition coefficient (Wildman–Crippen LogP) is 3.05. The minimum atomic E-state index is -0.482. The number of thiophene rings is 1. The molecule has 0 aromatic carbocycles. The summed E-state index contributed by atoms with van der Waals surface area (Å²) in [4.78, 5) is 1.19. The van der Waals surface area contributed by atoms with E-state index in [2.05, 4.69) is 6.92 Å². The summed E-state index contributed by atoms with van der Waals surface area (Å²) in [6.45, 7) is 4.85. The minimum Gasteiger partial charge on any atom is -0.385 e. The number of ether oxygens (including phenoxy) is 1. The molecule has 0 amide bonds. The van der Waals surface area contributed by atoms with Crippen molar-refractivity contribution in [1.82, 2.24) is 0 Å². The van der Waals surface area contributed by atoms with Gasteiger partial charge in [0.25, 0.3) is 0 Å². The van der Waals surface area contributed by atoms with Crippen molar-refractivity contribution in [3.8, 4) is 0 Å². The molecule has 0 spiro atoms. The molecule has 1 aromatic heterocycles. The number of aliphatic hydroxyl groups is 1. The van der Waals surface area contributed by atoms with Crippen molar-refractivity contribution in [1.29, 1.82) is 0 Å². The highest BCUT2D eigenvalue weighted by Crippen LogP contribution is 2.38. The van der Waals surface area contributed by atoms with Crippen LogP contribution in [0.25, 0.3) is 0 Å². The molecule has 1 aliphatic heterocycles. The average molecular weight is 226 g/mol. The van der Waals surface area contributed by atoms with Gasteiger partial charge in [-0.1, -0.05) is 0 Å². The second kappa shape index (κ2) is 4.24. The van der Waals surface area contributed by atoms with Crippen molar-refractivity contribution < 1.29 is 9.84 Å². The maximum Gasteiger partial charge on any atom is 0.109 e. The van der Waals surface area contributed by atoms with Crippen LogP contribution >= 0.6 is 11.3 Å². The van der Waals surface area contributed by atoms with Gasteiger partial charge in [0.05, 0.1) is 5.60 Å². The van der Waals surface area contributed by atoms with Crippen LogP contribution in [0.1, 0.15) is 42.7 Å². The summed E-state index contributed by atoms with van der Waals surface area (Å²) in [7, 11) is 0. The molecule has 0 aliphatic carbocycles. The summed E-state index contributed by atoms with van der Waals surface area (Å²) in [6, 6.07) is 2.01. The van der Waals surface area contributed by atoms with Gasteiger partial charge in [0.2, 0.25) is 0 Å². The highest BCUT2D eigenvalue weighted by Gasteiger charge is 2.37. The molecule has 1 saturated heterocycles. The lowest BCUT2D eigenvalue weighted by Crippen LogP contribution is -2.39. The molecule has 1 N–H and O–H groups in total. The van der Waals surface area contributed by atoms with Gasteiger partial charge in [0.1, 0.15) is 6.10 Å². The summed E-state index contributed by atoms with van der Waals surface area (Å²) < 4.78 is 5.76. The Hall–Kier alpha value is -0.380. The fourth-order valence-electron chi connectivity index (χ4n) is 2.18. The van der Waals surface area contributed by atoms with E-state index in [9.17, 15) is 5.11 Å². The van der Waals surface area contributed by atoms with Crippen molar-refractivity contribution in [2.45, 2.75) is 44.8 Å². The monoisotopic (exact) mass is 226 g/mol. The lowest BCUT2D eigenvalue weighted by molar-refractivity contribution is -0.138. The maximum absolute atomic E-state index is 10.4. The first-order valence-corrected chi connectivity index (χ1v) is 6.37. The molecule has 2 heterocycles. The Balaban J connectivity index is 2.19. The maximum atomic E-state index is 10.4. The highest BCUT2D eigenvalue weighted by atomic mass is 32.1. The molecule has 1 fully saturated rings. The van der Waals surface area contributed by atoms with Gasteiger partial charge in [-0.15, -0.1) is 11.3 Å². The molecule has 0 saturated carbocycles. The SMILES string of the molecule is Cc1sccc1C(O)C1(C)CCCCO1. The molecular formula is C12H18O2S. The molecule has 1 aliphatic rings. The predicted molar refractivity (Wildman–Crippen MR) is 62.2 cm³/mol. The summed E-state index contributed by atoms with van der Waals surface area (Å²) in [5, 5.41) is 12.4. The van der Waals surface area contributed by atoms with E-state index in [-0.39, 0.29) is 5.60 Å². The Morgan fingerprint density at radius 2 is 2.33 bits per heavy atom. The zero-order valence-corrected chi connectivity index (χ0v) is 10.1. The van der Waals surface area contributed by atoms with E-state index in [0.717, 1.165) is 31.4 Å². The van der Waals surface area contributed by atoms with E-state index >= 15 is 0 Å². The number of rotatable bonds is 2. The third-order valence-electron chi connectivity index (χ3n) is 3.27. The van der Waals surface area contributed by atoms with Gasteiger partial charge in [-0.2, -0.15) is 0 Å². The van der Waals surface area contributed by atoms with E-state index in [0.29, 0.717) is 0 Å². The lowest BCUT2D eigenvalue weighted by atomic mass is 9.86. The van der Waals surface area contributed by atoms with Crippen LogP contribution in [0.2, 0.25) is 0 Å². The fraction of sp³-hybridized carbons (Fsp3) is 0.667. The van der Waals surface area contributed by atoms with Crippen LogP contribution in [-0.4, -0.2) is 17.3 Å². The van der Waals surface area contributed by atoms with Gasteiger partial charge in [-0.05, 0) is 50.1 Å². The van der Waals surface area contributed by atoms with E-state index in [4.69, 9.17) is 4.74 Å². The second-order valence-electron chi connectivity index (χ2n) is 4.45. The molecule has 2 nitrogen and oxygen atoms in total. The van der Waals surface area contributed by atoms with Gasteiger partial charge < -0.3 is 9.84 Å². The molecular weight excluding hydrogens is 208 g/mol. The van der Waals surface area contributed by atoms with Crippen molar-refractivity contribution in [3.63, 3.8) is 0 Å². The van der Waals surface area contributed by atoms with Gasteiger partial charge >= 0.3 is 0 Å². The topological polar surface area (TPSA) is 29.5 Å². The smallest absolute Gasteiger partial charge is 0.109 e. The van der Waals surface area contributed by atoms with Gasteiger partial charge in [-0.25, -0.2) is 0 Å². The van der Waals surface area contributed by atoms with Gasteiger partial charge in [-0.3, -0.25) is 0 Å². The number of aliphatic hydroxyl groups excluding tert-OH is 1. The van der Waals surface area contributed by atoms with E-state index in [1.807, 2.05) is 18.4 Å². The number of hydrogen-bond donors (Lipinski definition) is 1. The Kier molecular flexibility index (Phi) is 3.14. The van der Waals surface area contributed by atoms with Crippen LogP contribution in [-0.2, 0) is 4.74 Å². The summed E-state index contributed by atoms with van der Waals surface area (Å²) in [5.41, 5.74) is 0.647. The molecule has 15 heavy (non-hydrogen) atoms. The largest absolute Gasteiger partial charge is 0.385 e. The van der Waals surface area contributed by atoms with E-state index < -0.39 is 6.10 Å². The quantitative estimate of drug-likeness (QED) is 0.840. The number of hydrogen-bond acceptors (Lipinski definition) is 3. The van der Waals surface area contributed by atoms with Crippen LogP contribution in [0.15, 0.2) is 11.4 Å². The van der Waals surface area contributed by atoms with Crippen LogP contribution in [0.3, 0.4) is 0 Å². The summed E-state index contributed by atoms with van der Waals surface area (Å²) in [6.07, 6.45) is 2.73. The minimum absolute atomic E-state index is 0.385. The fourth-order valence-corrected chi connectivity index (χ4v) is 2.91. The van der Waals surface area contributed by atoms with Crippen molar-refractivity contribution in [2.24, 2.45) is 0 Å². The summed E-state index contributed by atoms with van der Waals surface area (Å²) >= 11 is 1.68. The molecule has 2 rings (SSSR count). The van der Waals surface area contributed by atoms with Crippen LogP contribution < -0.4 is 0 Å². The Bertz CT molecular complexity index is 326. The normalized spacial score (nSPS) is 29.0. The first kappa shape index (κ1) is 11.1. The molecule has 3 heteroatoms. The molecule has 2 atom stereocenters. The molecule has 1 aromatic rings. The van der Waals surface area contributed by atoms with Crippen molar-refractivity contribution in [2.75, 3.05) is 6.61 Å². The van der Waals surface area contributed by atoms with Gasteiger partial charge in [0.15, 0.2) is 0 Å². The zero-order chi connectivity index (χ0) is 10.9. The third kappa shape index (κ3) is 2.10. The Morgan fingerprint density at radius 3 is 2.87 bits per heavy atom. The second-order valence-corrected chi connectivity index (χ2v) is 5.57. The average Bonchev–Trinajstić information content (AvgIpc) is 2.64. The lowest BCUT2D eigenvalue weighted by Gasteiger charge is -2.38. The molecule has 0 radical (unpaired) electrons.